The van der Waals surface area contributed by atoms with Crippen LogP contribution in [0.3, 0.4) is 0 Å². The minimum Gasteiger partial charge on any atom is -0.294 e. The molecule has 0 radical (unpaired) electrons. The van der Waals surface area contributed by atoms with E-state index in [1.807, 2.05) is 0 Å². The number of benzene rings is 1. The molecule has 5 heteroatoms. The van der Waals surface area contributed by atoms with E-state index in [0.717, 1.165) is 0 Å². The van der Waals surface area contributed by atoms with Crippen molar-refractivity contribution in [1.82, 2.24) is 0 Å². The summed E-state index contributed by atoms with van der Waals surface area (Å²) in [6.07, 6.45) is -0.853. The topological polar surface area (TPSA) is 17.1 Å². The fraction of sp³-hybridized carbons (Fsp3) is 0.300. The summed E-state index contributed by atoms with van der Waals surface area (Å²) >= 11 is 11.3. The average Bonchev–Trinajstić information content (AvgIpc) is 1.99. The number of halogens is 4. The van der Waals surface area contributed by atoms with Gasteiger partial charge in [0.05, 0.1) is 11.4 Å². The standard InChI is InChI=1S/C10H8Cl2F2O/c1-10(13,14)5-9(15)7-3-2-6(11)4-8(7)12/h2-4H,5H2,1H3. The summed E-state index contributed by atoms with van der Waals surface area (Å²) in [5.41, 5.74) is 0.0718. The zero-order valence-corrected chi connectivity index (χ0v) is 9.37. The highest BCUT2D eigenvalue weighted by atomic mass is 35.5. The van der Waals surface area contributed by atoms with Gasteiger partial charge in [-0.15, -0.1) is 0 Å². The molecule has 15 heavy (non-hydrogen) atoms. The van der Waals surface area contributed by atoms with Crippen molar-refractivity contribution >= 4 is 29.0 Å². The van der Waals surface area contributed by atoms with Gasteiger partial charge in [0.2, 0.25) is 0 Å². The van der Waals surface area contributed by atoms with Crippen molar-refractivity contribution in [1.29, 1.82) is 0 Å². The Morgan fingerprint density at radius 3 is 2.47 bits per heavy atom. The largest absolute Gasteiger partial charge is 0.294 e. The van der Waals surface area contributed by atoms with Crippen molar-refractivity contribution in [2.24, 2.45) is 0 Å². The Morgan fingerprint density at radius 1 is 1.40 bits per heavy atom. The fourth-order valence-corrected chi connectivity index (χ4v) is 1.61. The molecule has 0 saturated heterocycles. The Morgan fingerprint density at radius 2 is 2.00 bits per heavy atom. The molecule has 0 aliphatic rings. The molecule has 0 unspecified atom stereocenters. The molecule has 0 bridgehead atoms. The zero-order valence-electron chi connectivity index (χ0n) is 7.86. The number of carbonyl (C=O) groups excluding carboxylic acids is 1. The zero-order chi connectivity index (χ0) is 11.6. The maximum Gasteiger partial charge on any atom is 0.252 e. The van der Waals surface area contributed by atoms with Crippen LogP contribution in [0.2, 0.25) is 10.0 Å². The van der Waals surface area contributed by atoms with Gasteiger partial charge in [0.25, 0.3) is 5.92 Å². The minimum absolute atomic E-state index is 0.0718. The molecular formula is C10H8Cl2F2O. The van der Waals surface area contributed by atoms with Crippen molar-refractivity contribution in [2.45, 2.75) is 19.3 Å². The van der Waals surface area contributed by atoms with Crippen LogP contribution in [-0.2, 0) is 0 Å². The summed E-state index contributed by atoms with van der Waals surface area (Å²) in [6.45, 7) is 0.689. The van der Waals surface area contributed by atoms with E-state index in [2.05, 4.69) is 0 Å². The summed E-state index contributed by atoms with van der Waals surface area (Å²) in [5.74, 6) is -3.72. The Bertz CT molecular complexity index is 385. The molecule has 0 aromatic heterocycles. The second-order valence-electron chi connectivity index (χ2n) is 3.29. The normalized spacial score (nSPS) is 11.5. The smallest absolute Gasteiger partial charge is 0.252 e. The Balaban J connectivity index is 2.92. The predicted molar refractivity (Wildman–Crippen MR) is 56.0 cm³/mol. The van der Waals surface area contributed by atoms with Gasteiger partial charge in [-0.2, -0.15) is 0 Å². The van der Waals surface area contributed by atoms with E-state index in [1.165, 1.54) is 18.2 Å². The van der Waals surface area contributed by atoms with Crippen LogP contribution in [0.5, 0.6) is 0 Å². The number of carbonyl (C=O) groups is 1. The third-order valence-electron chi connectivity index (χ3n) is 1.70. The third kappa shape index (κ3) is 3.76. The van der Waals surface area contributed by atoms with E-state index in [4.69, 9.17) is 23.2 Å². The van der Waals surface area contributed by atoms with Gasteiger partial charge >= 0.3 is 0 Å². The van der Waals surface area contributed by atoms with Crippen molar-refractivity contribution < 1.29 is 13.6 Å². The molecule has 1 nitrogen and oxygen atoms in total. The Labute approximate surface area is 96.0 Å². The number of hydrogen-bond donors (Lipinski definition) is 0. The van der Waals surface area contributed by atoms with Gasteiger partial charge in [-0.05, 0) is 25.1 Å². The third-order valence-corrected chi connectivity index (χ3v) is 2.25. The molecule has 0 N–H and O–H groups in total. The molecule has 82 valence electrons. The summed E-state index contributed by atoms with van der Waals surface area (Å²) in [7, 11) is 0. The fourth-order valence-electron chi connectivity index (χ4n) is 1.09. The first-order valence-corrected chi connectivity index (χ1v) is 4.91. The van der Waals surface area contributed by atoms with Crippen LogP contribution < -0.4 is 0 Å². The second-order valence-corrected chi connectivity index (χ2v) is 4.14. The monoisotopic (exact) mass is 252 g/mol. The van der Waals surface area contributed by atoms with Crippen molar-refractivity contribution in [3.63, 3.8) is 0 Å². The van der Waals surface area contributed by atoms with Crippen LogP contribution >= 0.6 is 23.2 Å². The number of hydrogen-bond acceptors (Lipinski definition) is 1. The van der Waals surface area contributed by atoms with Crippen LogP contribution in [0.15, 0.2) is 18.2 Å². The lowest BCUT2D eigenvalue weighted by atomic mass is 10.1. The van der Waals surface area contributed by atoms with Gasteiger partial charge in [0.1, 0.15) is 0 Å². The van der Waals surface area contributed by atoms with Gasteiger partial charge in [0.15, 0.2) is 5.78 Å². The summed E-state index contributed by atoms with van der Waals surface area (Å²) < 4.78 is 25.2. The molecule has 0 saturated carbocycles. The highest BCUT2D eigenvalue weighted by molar-refractivity contribution is 6.36. The molecule has 1 aromatic rings. The van der Waals surface area contributed by atoms with Crippen molar-refractivity contribution in [3.05, 3.63) is 33.8 Å². The van der Waals surface area contributed by atoms with Crippen LogP contribution in [0.1, 0.15) is 23.7 Å². The van der Waals surface area contributed by atoms with E-state index in [9.17, 15) is 13.6 Å². The Hall–Kier alpha value is -0.670. The molecule has 0 spiro atoms. The number of alkyl halides is 2. The van der Waals surface area contributed by atoms with Gasteiger partial charge in [-0.3, -0.25) is 4.79 Å². The van der Waals surface area contributed by atoms with Crippen LogP contribution in [0.4, 0.5) is 8.78 Å². The molecule has 0 fully saturated rings. The maximum absolute atomic E-state index is 12.6. The highest BCUT2D eigenvalue weighted by Crippen LogP contribution is 2.25. The quantitative estimate of drug-likeness (QED) is 0.737. The van der Waals surface area contributed by atoms with Crippen LogP contribution in [-0.4, -0.2) is 11.7 Å². The summed E-state index contributed by atoms with van der Waals surface area (Å²) in [6, 6.07) is 4.14. The minimum atomic E-state index is -3.03. The van der Waals surface area contributed by atoms with E-state index in [-0.39, 0.29) is 10.6 Å². The van der Waals surface area contributed by atoms with Crippen molar-refractivity contribution in [2.75, 3.05) is 0 Å². The summed E-state index contributed by atoms with van der Waals surface area (Å²) in [5, 5.41) is 0.455. The van der Waals surface area contributed by atoms with Gasteiger partial charge in [-0.1, -0.05) is 23.2 Å². The van der Waals surface area contributed by atoms with Crippen LogP contribution in [0.25, 0.3) is 0 Å². The predicted octanol–water partition coefficient (Wildman–Crippen LogP) is 4.22. The maximum atomic E-state index is 12.6. The molecule has 0 amide bonds. The molecule has 0 aliphatic carbocycles. The lowest BCUT2D eigenvalue weighted by molar-refractivity contribution is 0.0156. The van der Waals surface area contributed by atoms with E-state index >= 15 is 0 Å². The highest BCUT2D eigenvalue weighted by Gasteiger charge is 2.27. The average molecular weight is 253 g/mol. The van der Waals surface area contributed by atoms with Gasteiger partial charge < -0.3 is 0 Å². The van der Waals surface area contributed by atoms with Gasteiger partial charge in [0, 0.05) is 10.6 Å². The SMILES string of the molecule is CC(F)(F)CC(=O)c1ccc(Cl)cc1Cl. The van der Waals surface area contributed by atoms with Gasteiger partial charge in [-0.25, -0.2) is 8.78 Å². The molecular weight excluding hydrogens is 245 g/mol. The number of ketones is 1. The molecule has 1 aromatic carbocycles. The lowest BCUT2D eigenvalue weighted by Crippen LogP contribution is -2.16. The molecule has 0 atom stereocenters. The first-order valence-electron chi connectivity index (χ1n) is 4.16. The van der Waals surface area contributed by atoms with E-state index in [1.54, 1.807) is 0 Å². The second kappa shape index (κ2) is 4.45. The number of Topliss-reactive ketones (excluding diaryl/α,β-unsaturated/α-hetero) is 1. The molecule has 1 rings (SSSR count). The number of rotatable bonds is 3. The Kier molecular flexibility index (Phi) is 3.68. The first-order chi connectivity index (χ1) is 6.79. The lowest BCUT2D eigenvalue weighted by Gasteiger charge is -2.09. The van der Waals surface area contributed by atoms with Crippen molar-refractivity contribution in [3.8, 4) is 0 Å². The van der Waals surface area contributed by atoms with E-state index < -0.39 is 18.1 Å². The molecule has 0 aliphatic heterocycles. The first kappa shape index (κ1) is 12.4. The van der Waals surface area contributed by atoms with E-state index in [0.29, 0.717) is 11.9 Å². The molecule has 0 heterocycles. The van der Waals surface area contributed by atoms with Crippen LogP contribution in [0, 0.1) is 0 Å². The summed E-state index contributed by atoms with van der Waals surface area (Å²) in [4.78, 5) is 11.4.